The molecule has 0 radical (unpaired) electrons. The Morgan fingerprint density at radius 2 is 1.76 bits per heavy atom. The summed E-state index contributed by atoms with van der Waals surface area (Å²) in [5, 5.41) is 9.36. The van der Waals surface area contributed by atoms with Gasteiger partial charge in [-0.2, -0.15) is 0 Å². The summed E-state index contributed by atoms with van der Waals surface area (Å²) in [6.45, 7) is 1.68. The largest absolute Gasteiger partial charge is 0.485 e. The van der Waals surface area contributed by atoms with Gasteiger partial charge in [0.1, 0.15) is 12.4 Å². The molecule has 0 amide bonds. The molecule has 1 heterocycles. The van der Waals surface area contributed by atoms with Crippen LogP contribution in [0.25, 0.3) is 11.1 Å². The third kappa shape index (κ3) is 4.21. The molecule has 1 aromatic heterocycles. The lowest BCUT2D eigenvalue weighted by Crippen LogP contribution is -2.11. The lowest BCUT2D eigenvalue weighted by Gasteiger charge is -2.13. The number of benzene rings is 2. The number of ether oxygens (including phenoxy) is 2. The normalized spacial score (nSPS) is 10.8. The predicted octanol–water partition coefficient (Wildman–Crippen LogP) is 3.89. The molecule has 0 spiro atoms. The van der Waals surface area contributed by atoms with Gasteiger partial charge in [0.2, 0.25) is 0 Å². The Hall–Kier alpha value is -2.31. The van der Waals surface area contributed by atoms with E-state index in [1.165, 1.54) is 0 Å². The van der Waals surface area contributed by atoms with Crippen molar-refractivity contribution in [2.24, 2.45) is 0 Å². The van der Waals surface area contributed by atoms with Crippen molar-refractivity contribution in [1.29, 1.82) is 0 Å². The van der Waals surface area contributed by atoms with Crippen molar-refractivity contribution in [2.45, 2.75) is 18.3 Å². The first-order chi connectivity index (χ1) is 12.3. The first-order valence-corrected chi connectivity index (χ1v) is 9.28. The number of nitrogens with zero attached hydrogens (tertiary/aromatic N) is 3. The Bertz CT molecular complexity index is 805. The predicted molar refractivity (Wildman–Crippen MR) is 99.9 cm³/mol. The Morgan fingerprint density at radius 1 is 1.00 bits per heavy atom. The van der Waals surface area contributed by atoms with Gasteiger partial charge < -0.3 is 14.0 Å². The van der Waals surface area contributed by atoms with Gasteiger partial charge in [0.25, 0.3) is 0 Å². The fourth-order valence-electron chi connectivity index (χ4n) is 2.57. The van der Waals surface area contributed by atoms with Crippen molar-refractivity contribution in [3.05, 3.63) is 60.4 Å². The first-order valence-electron chi connectivity index (χ1n) is 8.05. The zero-order valence-corrected chi connectivity index (χ0v) is 15.2. The highest BCUT2D eigenvalue weighted by molar-refractivity contribution is 7.98. The molecule has 25 heavy (non-hydrogen) atoms. The summed E-state index contributed by atoms with van der Waals surface area (Å²) in [5.41, 5.74) is 2.19. The van der Waals surface area contributed by atoms with E-state index in [4.69, 9.17) is 9.47 Å². The Kier molecular flexibility index (Phi) is 6.09. The number of hydrogen-bond donors (Lipinski definition) is 0. The lowest BCUT2D eigenvalue weighted by molar-refractivity contribution is 0.181. The van der Waals surface area contributed by atoms with Crippen LogP contribution in [0.1, 0.15) is 5.82 Å². The highest BCUT2D eigenvalue weighted by atomic mass is 32.2. The molecule has 0 aliphatic rings. The van der Waals surface area contributed by atoms with Gasteiger partial charge in [0.05, 0.1) is 6.61 Å². The molecule has 0 saturated carbocycles. The molecule has 3 aromatic rings. The van der Waals surface area contributed by atoms with Crippen LogP contribution in [-0.4, -0.2) is 34.7 Å². The smallest absolute Gasteiger partial charge is 0.191 e. The van der Waals surface area contributed by atoms with Crippen LogP contribution in [0.15, 0.2) is 59.8 Å². The minimum Gasteiger partial charge on any atom is -0.485 e. The third-order valence-electron chi connectivity index (χ3n) is 3.82. The molecule has 0 atom stereocenters. The second kappa shape index (κ2) is 8.69. The van der Waals surface area contributed by atoms with Crippen molar-refractivity contribution >= 4 is 11.8 Å². The van der Waals surface area contributed by atoms with Crippen LogP contribution in [0.2, 0.25) is 0 Å². The molecular weight excluding hydrogens is 334 g/mol. The zero-order chi connectivity index (χ0) is 17.5. The Labute approximate surface area is 152 Å². The summed E-state index contributed by atoms with van der Waals surface area (Å²) in [6.07, 6.45) is 1.99. The quantitative estimate of drug-likeness (QED) is 0.574. The van der Waals surface area contributed by atoms with Gasteiger partial charge in [-0.15, -0.1) is 10.2 Å². The van der Waals surface area contributed by atoms with Gasteiger partial charge >= 0.3 is 0 Å². The number of rotatable bonds is 8. The summed E-state index contributed by atoms with van der Waals surface area (Å²) in [6, 6.07) is 18.3. The standard InChI is InChI=1S/C19H21N3O2S/c1-23-13-12-22-18(20-21-19(22)25-2)14-24-17-11-7-6-10-16(17)15-8-4-3-5-9-15/h3-11H,12-14H2,1-2H3. The molecule has 0 aliphatic carbocycles. The van der Waals surface area contributed by atoms with Crippen LogP contribution in [0.4, 0.5) is 0 Å². The maximum absolute atomic E-state index is 6.08. The summed E-state index contributed by atoms with van der Waals surface area (Å²) >= 11 is 1.57. The van der Waals surface area contributed by atoms with Crippen molar-refractivity contribution in [1.82, 2.24) is 14.8 Å². The van der Waals surface area contributed by atoms with E-state index in [2.05, 4.69) is 28.4 Å². The van der Waals surface area contributed by atoms with E-state index in [1.54, 1.807) is 18.9 Å². The van der Waals surface area contributed by atoms with Gasteiger partial charge in [-0.25, -0.2) is 0 Å². The monoisotopic (exact) mass is 355 g/mol. The molecule has 0 unspecified atom stereocenters. The number of thioether (sulfide) groups is 1. The average molecular weight is 355 g/mol. The molecule has 5 nitrogen and oxygen atoms in total. The third-order valence-corrected chi connectivity index (χ3v) is 4.49. The molecule has 0 fully saturated rings. The second-order valence-corrected chi connectivity index (χ2v) is 6.17. The summed E-state index contributed by atoms with van der Waals surface area (Å²) in [7, 11) is 1.69. The molecule has 0 saturated heterocycles. The lowest BCUT2D eigenvalue weighted by atomic mass is 10.1. The summed E-state index contributed by atoms with van der Waals surface area (Å²) in [5.74, 6) is 1.63. The van der Waals surface area contributed by atoms with Crippen molar-refractivity contribution in [2.75, 3.05) is 20.0 Å². The second-order valence-electron chi connectivity index (χ2n) is 5.40. The van der Waals surface area contributed by atoms with Crippen LogP contribution in [-0.2, 0) is 17.9 Å². The number of aromatic nitrogens is 3. The van der Waals surface area contributed by atoms with E-state index in [0.29, 0.717) is 19.8 Å². The minimum absolute atomic E-state index is 0.362. The van der Waals surface area contributed by atoms with E-state index in [9.17, 15) is 0 Å². The highest BCUT2D eigenvalue weighted by Crippen LogP contribution is 2.30. The van der Waals surface area contributed by atoms with Gasteiger partial charge in [0, 0.05) is 19.2 Å². The number of para-hydroxylation sites is 1. The van der Waals surface area contributed by atoms with E-state index in [0.717, 1.165) is 27.9 Å². The topological polar surface area (TPSA) is 49.2 Å². The SMILES string of the molecule is COCCn1c(COc2ccccc2-c2ccccc2)nnc1SC. The van der Waals surface area contributed by atoms with E-state index < -0.39 is 0 Å². The van der Waals surface area contributed by atoms with Crippen LogP contribution in [0.3, 0.4) is 0 Å². The molecule has 3 rings (SSSR count). The van der Waals surface area contributed by atoms with E-state index in [-0.39, 0.29) is 0 Å². The molecule has 0 bridgehead atoms. The molecule has 2 aromatic carbocycles. The molecule has 130 valence electrons. The molecular formula is C19H21N3O2S. The van der Waals surface area contributed by atoms with Crippen LogP contribution < -0.4 is 4.74 Å². The maximum atomic E-state index is 6.08. The van der Waals surface area contributed by atoms with Crippen molar-refractivity contribution in [3.8, 4) is 16.9 Å². The van der Waals surface area contributed by atoms with Gasteiger partial charge in [-0.1, -0.05) is 60.3 Å². The summed E-state index contributed by atoms with van der Waals surface area (Å²) < 4.78 is 13.3. The number of hydrogen-bond acceptors (Lipinski definition) is 5. The van der Waals surface area contributed by atoms with Gasteiger partial charge in [-0.3, -0.25) is 0 Å². The highest BCUT2D eigenvalue weighted by Gasteiger charge is 2.13. The molecule has 6 heteroatoms. The fraction of sp³-hybridized carbons (Fsp3) is 0.263. The van der Waals surface area contributed by atoms with E-state index in [1.807, 2.05) is 47.2 Å². The minimum atomic E-state index is 0.362. The molecule has 0 N–H and O–H groups in total. The van der Waals surface area contributed by atoms with E-state index >= 15 is 0 Å². The summed E-state index contributed by atoms with van der Waals surface area (Å²) in [4.78, 5) is 0. The zero-order valence-electron chi connectivity index (χ0n) is 14.4. The first kappa shape index (κ1) is 17.5. The van der Waals surface area contributed by atoms with Crippen LogP contribution in [0.5, 0.6) is 5.75 Å². The Morgan fingerprint density at radius 3 is 2.52 bits per heavy atom. The number of methoxy groups -OCH3 is 1. The van der Waals surface area contributed by atoms with Crippen molar-refractivity contribution < 1.29 is 9.47 Å². The maximum Gasteiger partial charge on any atom is 0.191 e. The van der Waals surface area contributed by atoms with Gasteiger partial charge in [0.15, 0.2) is 11.0 Å². The molecule has 0 aliphatic heterocycles. The van der Waals surface area contributed by atoms with Crippen LogP contribution in [0, 0.1) is 0 Å². The van der Waals surface area contributed by atoms with Crippen LogP contribution >= 0.6 is 11.8 Å². The average Bonchev–Trinajstić information content (AvgIpc) is 3.07. The van der Waals surface area contributed by atoms with Gasteiger partial charge in [-0.05, 0) is 17.9 Å². The van der Waals surface area contributed by atoms with Crippen molar-refractivity contribution in [3.63, 3.8) is 0 Å². The Balaban J connectivity index is 1.80. The fourth-order valence-corrected chi connectivity index (χ4v) is 3.11.